The summed E-state index contributed by atoms with van der Waals surface area (Å²) < 4.78 is 27.3. The van der Waals surface area contributed by atoms with Gasteiger partial charge in [0.05, 0.1) is 4.91 Å². The van der Waals surface area contributed by atoms with Gasteiger partial charge in [0.2, 0.25) is 10.0 Å². The van der Waals surface area contributed by atoms with Gasteiger partial charge in [0.1, 0.15) is 12.4 Å². The average molecular weight is 211 g/mol. The number of benzene rings is 1. The normalized spacial score (nSPS) is 15.4. The van der Waals surface area contributed by atoms with E-state index >= 15 is 0 Å². The Morgan fingerprint density at radius 2 is 2.00 bits per heavy atom. The molecule has 1 aromatic rings. The zero-order valence-corrected chi connectivity index (χ0v) is 8.12. The van der Waals surface area contributed by atoms with Crippen molar-refractivity contribution >= 4 is 16.1 Å². The highest BCUT2D eigenvalue weighted by atomic mass is 32.2. The van der Waals surface area contributed by atoms with Crippen LogP contribution in [0.1, 0.15) is 5.56 Å². The Morgan fingerprint density at radius 3 is 2.71 bits per heavy atom. The van der Waals surface area contributed by atoms with E-state index in [-0.39, 0.29) is 11.5 Å². The van der Waals surface area contributed by atoms with Crippen LogP contribution in [0.4, 0.5) is 0 Å². The Bertz CT molecular complexity index is 491. The van der Waals surface area contributed by atoms with Crippen LogP contribution in [0.15, 0.2) is 29.2 Å². The van der Waals surface area contributed by atoms with Crippen LogP contribution in [0.2, 0.25) is 0 Å². The third-order valence-corrected chi connectivity index (χ3v) is 2.94. The van der Waals surface area contributed by atoms with Gasteiger partial charge < -0.3 is 4.74 Å². The second-order valence-corrected chi connectivity index (χ2v) is 4.60. The average Bonchev–Trinajstić information content (AvgIpc) is 2.16. The molecule has 2 N–H and O–H groups in total. The molecular weight excluding hydrogens is 202 g/mol. The van der Waals surface area contributed by atoms with Crippen molar-refractivity contribution in [1.29, 1.82) is 0 Å². The summed E-state index contributed by atoms with van der Waals surface area (Å²) in [6.45, 7) is 0.00977. The van der Waals surface area contributed by atoms with E-state index in [1.165, 1.54) is 6.08 Å². The van der Waals surface area contributed by atoms with E-state index in [1.54, 1.807) is 12.1 Å². The SMILES string of the molecule is NS(=O)(=O)C1=Cc2ccccc2OC1. The van der Waals surface area contributed by atoms with Crippen molar-refractivity contribution in [3.8, 4) is 5.75 Å². The van der Waals surface area contributed by atoms with Crippen molar-refractivity contribution in [2.24, 2.45) is 5.14 Å². The summed E-state index contributed by atoms with van der Waals surface area (Å²) in [5, 5.41) is 4.99. The Balaban J connectivity index is 2.51. The van der Waals surface area contributed by atoms with Crippen LogP contribution in [0.25, 0.3) is 6.08 Å². The molecular formula is C9H9NO3S. The van der Waals surface area contributed by atoms with Crippen molar-refractivity contribution in [1.82, 2.24) is 0 Å². The van der Waals surface area contributed by atoms with E-state index in [2.05, 4.69) is 0 Å². The molecule has 0 aromatic heterocycles. The van der Waals surface area contributed by atoms with Crippen LogP contribution >= 0.6 is 0 Å². The summed E-state index contributed by atoms with van der Waals surface area (Å²) in [5.41, 5.74) is 0.739. The number of para-hydroxylation sites is 1. The molecule has 14 heavy (non-hydrogen) atoms. The van der Waals surface area contributed by atoms with Crippen LogP contribution in [0.3, 0.4) is 0 Å². The number of nitrogens with two attached hydrogens (primary N) is 1. The quantitative estimate of drug-likeness (QED) is 0.743. The zero-order chi connectivity index (χ0) is 10.2. The van der Waals surface area contributed by atoms with Crippen molar-refractivity contribution in [3.63, 3.8) is 0 Å². The van der Waals surface area contributed by atoms with Gasteiger partial charge in [-0.2, -0.15) is 0 Å². The number of hydrogen-bond acceptors (Lipinski definition) is 3. The molecule has 1 aliphatic rings. The molecule has 0 unspecified atom stereocenters. The fourth-order valence-corrected chi connectivity index (χ4v) is 1.77. The molecule has 0 saturated heterocycles. The third-order valence-electron chi connectivity index (χ3n) is 1.97. The predicted octanol–water partition coefficient (Wildman–Crippen LogP) is 0.708. The molecule has 4 nitrogen and oxygen atoms in total. The molecule has 0 radical (unpaired) electrons. The minimum atomic E-state index is -3.63. The molecule has 0 aliphatic carbocycles. The lowest BCUT2D eigenvalue weighted by Gasteiger charge is -2.15. The van der Waals surface area contributed by atoms with Crippen molar-refractivity contribution in [3.05, 3.63) is 34.7 Å². The number of hydrogen-bond donors (Lipinski definition) is 1. The summed E-state index contributed by atoms with van der Waals surface area (Å²) in [4.78, 5) is 0.108. The number of primary sulfonamides is 1. The second-order valence-electron chi connectivity index (χ2n) is 2.98. The molecule has 0 saturated carbocycles. The summed E-state index contributed by atoms with van der Waals surface area (Å²) in [7, 11) is -3.63. The standard InChI is InChI=1S/C9H9NO3S/c10-14(11,12)8-5-7-3-1-2-4-9(7)13-6-8/h1-5H,6H2,(H2,10,11,12). The number of fused-ring (bicyclic) bond motifs is 1. The van der Waals surface area contributed by atoms with Crippen LogP contribution in [0.5, 0.6) is 5.75 Å². The lowest BCUT2D eigenvalue weighted by molar-refractivity contribution is 0.353. The van der Waals surface area contributed by atoms with E-state index in [0.29, 0.717) is 5.75 Å². The van der Waals surface area contributed by atoms with Gasteiger partial charge >= 0.3 is 0 Å². The molecule has 5 heteroatoms. The molecule has 0 bridgehead atoms. The molecule has 2 rings (SSSR count). The van der Waals surface area contributed by atoms with Gasteiger partial charge in [-0.25, -0.2) is 13.6 Å². The Labute approximate surface area is 82.0 Å². The molecule has 0 atom stereocenters. The highest BCUT2D eigenvalue weighted by Crippen LogP contribution is 2.26. The molecule has 1 heterocycles. The van der Waals surface area contributed by atoms with Gasteiger partial charge in [-0.05, 0) is 12.1 Å². The molecule has 74 valence electrons. The summed E-state index contributed by atoms with van der Waals surface area (Å²) in [6, 6.07) is 7.20. The van der Waals surface area contributed by atoms with Crippen LogP contribution in [-0.4, -0.2) is 15.0 Å². The van der Waals surface area contributed by atoms with Crippen LogP contribution in [-0.2, 0) is 10.0 Å². The van der Waals surface area contributed by atoms with Crippen molar-refractivity contribution < 1.29 is 13.2 Å². The highest BCUT2D eigenvalue weighted by Gasteiger charge is 2.18. The lowest BCUT2D eigenvalue weighted by Crippen LogP contribution is -2.21. The van der Waals surface area contributed by atoms with E-state index in [9.17, 15) is 8.42 Å². The first-order valence-electron chi connectivity index (χ1n) is 4.02. The maximum Gasteiger partial charge on any atom is 0.237 e. The van der Waals surface area contributed by atoms with Gasteiger partial charge in [-0.1, -0.05) is 18.2 Å². The Kier molecular flexibility index (Phi) is 2.05. The van der Waals surface area contributed by atoms with E-state index in [4.69, 9.17) is 9.88 Å². The number of rotatable bonds is 1. The largest absolute Gasteiger partial charge is 0.487 e. The first-order chi connectivity index (χ1) is 6.57. The third kappa shape index (κ3) is 1.64. The van der Waals surface area contributed by atoms with Gasteiger partial charge in [0, 0.05) is 5.56 Å². The molecule has 1 aromatic carbocycles. The minimum absolute atomic E-state index is 0.00977. The Morgan fingerprint density at radius 1 is 1.29 bits per heavy atom. The molecule has 0 amide bonds. The first kappa shape index (κ1) is 9.23. The topological polar surface area (TPSA) is 69.4 Å². The maximum absolute atomic E-state index is 11.0. The van der Waals surface area contributed by atoms with Crippen LogP contribution < -0.4 is 9.88 Å². The maximum atomic E-state index is 11.0. The lowest BCUT2D eigenvalue weighted by atomic mass is 10.1. The van der Waals surface area contributed by atoms with Gasteiger partial charge in [-0.3, -0.25) is 0 Å². The number of ether oxygens (including phenoxy) is 1. The summed E-state index contributed by atoms with van der Waals surface area (Å²) in [6.07, 6.45) is 1.54. The number of sulfonamides is 1. The van der Waals surface area contributed by atoms with Crippen LogP contribution in [0, 0.1) is 0 Å². The van der Waals surface area contributed by atoms with Gasteiger partial charge in [0.25, 0.3) is 0 Å². The van der Waals surface area contributed by atoms with Crippen molar-refractivity contribution in [2.75, 3.05) is 6.61 Å². The fraction of sp³-hybridized carbons (Fsp3) is 0.111. The summed E-state index contributed by atoms with van der Waals surface area (Å²) in [5.74, 6) is 0.680. The van der Waals surface area contributed by atoms with E-state index < -0.39 is 10.0 Å². The Hall–Kier alpha value is -1.33. The summed E-state index contributed by atoms with van der Waals surface area (Å²) >= 11 is 0. The highest BCUT2D eigenvalue weighted by molar-refractivity contribution is 7.93. The smallest absolute Gasteiger partial charge is 0.237 e. The first-order valence-corrected chi connectivity index (χ1v) is 5.57. The van der Waals surface area contributed by atoms with Gasteiger partial charge in [0.15, 0.2) is 0 Å². The zero-order valence-electron chi connectivity index (χ0n) is 7.30. The second kappa shape index (κ2) is 3.11. The predicted molar refractivity (Wildman–Crippen MR) is 53.0 cm³/mol. The van der Waals surface area contributed by atoms with E-state index in [0.717, 1.165) is 5.56 Å². The van der Waals surface area contributed by atoms with Gasteiger partial charge in [-0.15, -0.1) is 0 Å². The monoisotopic (exact) mass is 211 g/mol. The molecule has 0 spiro atoms. The molecule has 1 aliphatic heterocycles. The van der Waals surface area contributed by atoms with Crippen molar-refractivity contribution in [2.45, 2.75) is 0 Å². The minimum Gasteiger partial charge on any atom is -0.487 e. The fourth-order valence-electron chi connectivity index (χ4n) is 1.26. The van der Waals surface area contributed by atoms with E-state index in [1.807, 2.05) is 12.1 Å². The molecule has 0 fully saturated rings.